The van der Waals surface area contributed by atoms with E-state index in [1.165, 1.54) is 23.5 Å². The second-order valence-electron chi connectivity index (χ2n) is 1.78. The van der Waals surface area contributed by atoms with Gasteiger partial charge >= 0.3 is 0 Å². The summed E-state index contributed by atoms with van der Waals surface area (Å²) in [5.74, 6) is 0. The molecule has 0 aromatic carbocycles. The Hall–Kier alpha value is -0.450. The Balaban J connectivity index is 3.01. The van der Waals surface area contributed by atoms with Gasteiger partial charge in [-0.05, 0) is 12.5 Å². The number of thioether (sulfide) groups is 3. The van der Waals surface area contributed by atoms with E-state index in [-0.39, 0.29) is 0 Å². The van der Waals surface area contributed by atoms with Crippen LogP contribution in [-0.4, -0.2) is 27.5 Å². The highest BCUT2D eigenvalue weighted by Crippen LogP contribution is 2.19. The van der Waals surface area contributed by atoms with Gasteiger partial charge in [0.25, 0.3) is 0 Å². The third kappa shape index (κ3) is 3.06. The van der Waals surface area contributed by atoms with Crippen LogP contribution >= 0.6 is 35.3 Å². The van der Waals surface area contributed by atoms with Crippen LogP contribution in [0.5, 0.6) is 0 Å². The van der Waals surface area contributed by atoms with Crippen molar-refractivity contribution in [1.82, 2.24) is 15.0 Å². The quantitative estimate of drug-likeness (QED) is 0.580. The van der Waals surface area contributed by atoms with Crippen LogP contribution in [0, 0.1) is 10.7 Å². The van der Waals surface area contributed by atoms with Gasteiger partial charge in [0.05, 0.1) is 0 Å². The zero-order valence-corrected chi connectivity index (χ0v) is 9.46. The molecule has 0 spiro atoms. The summed E-state index contributed by atoms with van der Waals surface area (Å²) in [6, 6.07) is 0. The monoisotopic (exact) mass is 230 g/mol. The average Bonchev–Trinajstić information content (AvgIpc) is 2.17. The largest absolute Gasteiger partial charge is 0.207 e. The maximum Gasteiger partial charge on any atom is 0.207 e. The minimum Gasteiger partial charge on any atom is -0.196 e. The maximum absolute atomic E-state index is 8.45. The Kier molecular flexibility index (Phi) is 4.35. The van der Waals surface area contributed by atoms with E-state index in [1.54, 1.807) is 0 Å². The summed E-state index contributed by atoms with van der Waals surface area (Å²) < 4.78 is 0. The lowest BCUT2D eigenvalue weighted by Gasteiger charge is -1.99. The number of aromatic nitrogens is 3. The normalized spacial score (nSPS) is 9.62. The molecular formula is C6H6N4S3. The number of hydrogen-bond donors (Lipinski definition) is 0. The third-order valence-corrected chi connectivity index (χ3v) is 2.63. The molecule has 0 aliphatic heterocycles. The lowest BCUT2D eigenvalue weighted by molar-refractivity contribution is 0.720. The smallest absolute Gasteiger partial charge is 0.196 e. The minimum absolute atomic E-state index is 0.464. The fourth-order valence-corrected chi connectivity index (χ4v) is 1.82. The number of nitriles is 1. The fraction of sp³-hybridized carbons (Fsp3) is 0.333. The lowest BCUT2D eigenvalue weighted by Crippen LogP contribution is -1.95. The van der Waals surface area contributed by atoms with E-state index >= 15 is 0 Å². The van der Waals surface area contributed by atoms with Gasteiger partial charge in [0.2, 0.25) is 5.16 Å². The third-order valence-electron chi connectivity index (χ3n) is 1.08. The van der Waals surface area contributed by atoms with Gasteiger partial charge in [-0.1, -0.05) is 23.5 Å². The average molecular weight is 230 g/mol. The van der Waals surface area contributed by atoms with Crippen molar-refractivity contribution in [3.05, 3.63) is 0 Å². The van der Waals surface area contributed by atoms with Gasteiger partial charge < -0.3 is 0 Å². The van der Waals surface area contributed by atoms with Crippen molar-refractivity contribution in [2.75, 3.05) is 12.5 Å². The Morgan fingerprint density at radius 3 is 1.85 bits per heavy atom. The van der Waals surface area contributed by atoms with Crippen molar-refractivity contribution in [2.45, 2.75) is 15.5 Å². The minimum atomic E-state index is 0.464. The fourth-order valence-electron chi connectivity index (χ4n) is 0.590. The molecular weight excluding hydrogens is 224 g/mol. The summed E-state index contributed by atoms with van der Waals surface area (Å²) >= 11 is 3.83. The summed E-state index contributed by atoms with van der Waals surface area (Å²) in [7, 11) is 0. The molecule has 1 aromatic heterocycles. The topological polar surface area (TPSA) is 62.5 Å². The number of rotatable bonds is 3. The van der Waals surface area contributed by atoms with Crippen LogP contribution < -0.4 is 0 Å². The second-order valence-corrected chi connectivity index (χ2v) is 4.08. The van der Waals surface area contributed by atoms with Crippen LogP contribution in [-0.2, 0) is 0 Å². The van der Waals surface area contributed by atoms with Gasteiger partial charge in [-0.2, -0.15) is 20.2 Å². The molecule has 0 radical (unpaired) electrons. The highest BCUT2D eigenvalue weighted by atomic mass is 32.2. The van der Waals surface area contributed by atoms with Gasteiger partial charge in [-0.25, -0.2) is 0 Å². The first-order valence-electron chi connectivity index (χ1n) is 3.20. The molecule has 4 nitrogen and oxygen atoms in total. The van der Waals surface area contributed by atoms with E-state index < -0.39 is 0 Å². The summed E-state index contributed by atoms with van der Waals surface area (Å²) in [6.45, 7) is 0. The van der Waals surface area contributed by atoms with E-state index in [0.29, 0.717) is 15.5 Å². The molecule has 1 aromatic rings. The molecule has 68 valence electrons. The lowest BCUT2D eigenvalue weighted by atomic mass is 11.1. The molecule has 0 bridgehead atoms. The summed E-state index contributed by atoms with van der Waals surface area (Å²) in [5, 5.41) is 12.1. The second kappa shape index (κ2) is 5.32. The zero-order chi connectivity index (χ0) is 9.68. The SMILES string of the molecule is CSc1nc(SC)nc(SC#N)n1. The Labute approximate surface area is 88.9 Å². The van der Waals surface area contributed by atoms with Crippen LogP contribution in [0.4, 0.5) is 0 Å². The Morgan fingerprint density at radius 2 is 1.46 bits per heavy atom. The molecule has 13 heavy (non-hydrogen) atoms. The van der Waals surface area contributed by atoms with Gasteiger partial charge in [-0.3, -0.25) is 0 Å². The van der Waals surface area contributed by atoms with Crippen molar-refractivity contribution in [3.8, 4) is 5.40 Å². The summed E-state index contributed by atoms with van der Waals surface area (Å²) in [4.78, 5) is 12.2. The summed E-state index contributed by atoms with van der Waals surface area (Å²) in [5.41, 5.74) is 0. The molecule has 1 heterocycles. The highest BCUT2D eigenvalue weighted by Gasteiger charge is 2.04. The molecule has 0 fully saturated rings. The van der Waals surface area contributed by atoms with Gasteiger partial charge in [0.15, 0.2) is 10.3 Å². The van der Waals surface area contributed by atoms with Crippen molar-refractivity contribution in [2.24, 2.45) is 0 Å². The molecule has 7 heteroatoms. The molecule has 0 amide bonds. The van der Waals surface area contributed by atoms with Crippen LogP contribution in [0.3, 0.4) is 0 Å². The van der Waals surface area contributed by atoms with Gasteiger partial charge in [0, 0.05) is 11.8 Å². The number of thiocyanates is 1. The zero-order valence-electron chi connectivity index (χ0n) is 7.01. The van der Waals surface area contributed by atoms with E-state index in [0.717, 1.165) is 11.8 Å². The number of nitrogens with zero attached hydrogens (tertiary/aromatic N) is 4. The molecule has 0 unspecified atom stereocenters. The molecule has 0 aliphatic rings. The first-order chi connectivity index (χ1) is 6.30. The molecule has 0 atom stereocenters. The van der Waals surface area contributed by atoms with Crippen LogP contribution in [0.1, 0.15) is 0 Å². The molecule has 0 aliphatic carbocycles. The molecule has 0 N–H and O–H groups in total. The van der Waals surface area contributed by atoms with E-state index in [9.17, 15) is 0 Å². The van der Waals surface area contributed by atoms with Crippen molar-refractivity contribution < 1.29 is 0 Å². The highest BCUT2D eigenvalue weighted by molar-refractivity contribution is 8.03. The van der Waals surface area contributed by atoms with Crippen LogP contribution in [0.25, 0.3) is 0 Å². The van der Waals surface area contributed by atoms with Crippen molar-refractivity contribution >= 4 is 35.3 Å². The molecule has 1 rings (SSSR count). The predicted molar refractivity (Wildman–Crippen MR) is 54.9 cm³/mol. The van der Waals surface area contributed by atoms with E-state index in [2.05, 4.69) is 15.0 Å². The molecule has 0 saturated heterocycles. The summed E-state index contributed by atoms with van der Waals surface area (Å²) in [6.07, 6.45) is 3.78. The maximum atomic E-state index is 8.45. The Bertz CT molecular complexity index is 313. The first kappa shape index (κ1) is 10.6. The van der Waals surface area contributed by atoms with Crippen molar-refractivity contribution in [1.29, 1.82) is 5.26 Å². The predicted octanol–water partition coefficient (Wildman–Crippen LogP) is 1.89. The van der Waals surface area contributed by atoms with Crippen LogP contribution in [0.2, 0.25) is 0 Å². The van der Waals surface area contributed by atoms with Crippen LogP contribution in [0.15, 0.2) is 15.5 Å². The van der Waals surface area contributed by atoms with E-state index in [1.807, 2.05) is 17.9 Å². The first-order valence-corrected chi connectivity index (χ1v) is 6.46. The number of hydrogen-bond acceptors (Lipinski definition) is 7. The van der Waals surface area contributed by atoms with Gasteiger partial charge in [-0.15, -0.1) is 0 Å². The van der Waals surface area contributed by atoms with Gasteiger partial charge in [0.1, 0.15) is 5.40 Å². The van der Waals surface area contributed by atoms with E-state index in [4.69, 9.17) is 5.26 Å². The van der Waals surface area contributed by atoms with Crippen molar-refractivity contribution in [3.63, 3.8) is 0 Å². The standard InChI is InChI=1S/C6H6N4S3/c1-11-4-8-5(12-2)10-6(9-4)13-3-7/h1-2H3. The molecule has 0 saturated carbocycles. The Morgan fingerprint density at radius 1 is 1.00 bits per heavy atom.